The number of hydrogen-bond acceptors (Lipinski definition) is 8. The summed E-state index contributed by atoms with van der Waals surface area (Å²) in [6, 6.07) is 0.683. The third kappa shape index (κ3) is 10.4. The third-order valence-electron chi connectivity index (χ3n) is 3.86. The number of nitrogens with two attached hydrogens (primary N) is 1. The van der Waals surface area contributed by atoms with Crippen molar-refractivity contribution in [1.29, 1.82) is 5.26 Å². The normalized spacial score (nSPS) is 14.3. The fourth-order valence-electron chi connectivity index (χ4n) is 2.47. The standard InChI is InChI=1S/C20H30N4O6/c1-20(2,3)30-19(27)24-16(17(25)28-12-10-21)9-6-11-23-18(26)29-13-14-7-4-5-8-15(14)22/h4,7,16H,5-6,8-9,11-13,22H2,1-3H3,(H,23,26)(H,24,27)/t16-/m0/s1. The molecule has 1 aliphatic rings. The average Bonchev–Trinajstić information content (AvgIpc) is 2.66. The molecule has 0 saturated heterocycles. The fraction of sp³-hybridized carbons (Fsp3) is 0.600. The number of nitrogens with one attached hydrogen (secondary N) is 2. The van der Waals surface area contributed by atoms with Gasteiger partial charge in [-0.05, 0) is 46.5 Å². The summed E-state index contributed by atoms with van der Waals surface area (Å²) < 4.78 is 15.0. The van der Waals surface area contributed by atoms with Gasteiger partial charge in [0.2, 0.25) is 0 Å². The molecule has 4 N–H and O–H groups in total. The number of hydrogen-bond donors (Lipinski definition) is 3. The summed E-state index contributed by atoms with van der Waals surface area (Å²) in [5.74, 6) is -0.753. The molecule has 0 bridgehead atoms. The first-order valence-electron chi connectivity index (χ1n) is 9.70. The Morgan fingerprint density at radius 2 is 2.00 bits per heavy atom. The Hall–Kier alpha value is -3.22. The molecule has 0 unspecified atom stereocenters. The molecule has 0 aliphatic heterocycles. The highest BCUT2D eigenvalue weighted by Crippen LogP contribution is 2.14. The van der Waals surface area contributed by atoms with E-state index in [1.54, 1.807) is 26.8 Å². The van der Waals surface area contributed by atoms with Gasteiger partial charge in [0.25, 0.3) is 0 Å². The maximum Gasteiger partial charge on any atom is 0.408 e. The van der Waals surface area contributed by atoms with Crippen LogP contribution in [0.15, 0.2) is 23.4 Å². The molecule has 1 aliphatic carbocycles. The second-order valence-corrected chi connectivity index (χ2v) is 7.60. The van der Waals surface area contributed by atoms with Crippen molar-refractivity contribution in [2.75, 3.05) is 19.8 Å². The SMILES string of the molecule is CC(C)(C)OC(=O)N[C@@H](CCCNC(=O)OCC1=C(N)CCC=C1)C(=O)OCC#N. The second-order valence-electron chi connectivity index (χ2n) is 7.60. The van der Waals surface area contributed by atoms with E-state index in [4.69, 9.17) is 25.2 Å². The highest BCUT2D eigenvalue weighted by molar-refractivity contribution is 5.81. The lowest BCUT2D eigenvalue weighted by Crippen LogP contribution is -2.44. The van der Waals surface area contributed by atoms with E-state index in [0.29, 0.717) is 12.1 Å². The molecule has 0 radical (unpaired) electrons. The Morgan fingerprint density at radius 1 is 1.27 bits per heavy atom. The maximum absolute atomic E-state index is 12.1. The van der Waals surface area contributed by atoms with Gasteiger partial charge in [-0.15, -0.1) is 0 Å². The minimum Gasteiger partial charge on any atom is -0.449 e. The van der Waals surface area contributed by atoms with Crippen LogP contribution in [0.3, 0.4) is 0 Å². The van der Waals surface area contributed by atoms with Crippen LogP contribution in [0.25, 0.3) is 0 Å². The van der Waals surface area contributed by atoms with Crippen molar-refractivity contribution in [3.05, 3.63) is 23.4 Å². The molecule has 0 aromatic heterocycles. The summed E-state index contributed by atoms with van der Waals surface area (Å²) >= 11 is 0. The number of carbonyl (C=O) groups is 3. The molecule has 1 atom stereocenters. The van der Waals surface area contributed by atoms with Gasteiger partial charge in [-0.2, -0.15) is 5.26 Å². The largest absolute Gasteiger partial charge is 0.449 e. The molecule has 0 spiro atoms. The van der Waals surface area contributed by atoms with E-state index in [2.05, 4.69) is 10.6 Å². The van der Waals surface area contributed by atoms with E-state index in [1.807, 2.05) is 12.2 Å². The van der Waals surface area contributed by atoms with Crippen LogP contribution in [0.1, 0.15) is 46.5 Å². The van der Waals surface area contributed by atoms with Crippen molar-refractivity contribution >= 4 is 18.2 Å². The highest BCUT2D eigenvalue weighted by atomic mass is 16.6. The smallest absolute Gasteiger partial charge is 0.408 e. The summed E-state index contributed by atoms with van der Waals surface area (Å²) in [4.78, 5) is 35.8. The Balaban J connectivity index is 2.43. The van der Waals surface area contributed by atoms with Gasteiger partial charge in [-0.1, -0.05) is 12.2 Å². The van der Waals surface area contributed by atoms with Crippen molar-refractivity contribution in [2.45, 2.75) is 58.1 Å². The van der Waals surface area contributed by atoms with Crippen LogP contribution >= 0.6 is 0 Å². The minimum atomic E-state index is -1.01. The number of alkyl carbamates (subject to hydrolysis) is 2. The lowest BCUT2D eigenvalue weighted by Gasteiger charge is -2.22. The van der Waals surface area contributed by atoms with Crippen molar-refractivity contribution < 1.29 is 28.6 Å². The molecule has 1 rings (SSSR count). The zero-order chi connectivity index (χ0) is 22.6. The molecule has 2 amide bonds. The van der Waals surface area contributed by atoms with E-state index in [0.717, 1.165) is 18.4 Å². The van der Waals surface area contributed by atoms with E-state index in [-0.39, 0.29) is 19.6 Å². The van der Waals surface area contributed by atoms with Gasteiger partial charge in [-0.25, -0.2) is 14.4 Å². The van der Waals surface area contributed by atoms with Crippen LogP contribution in [0.4, 0.5) is 9.59 Å². The summed E-state index contributed by atoms with van der Waals surface area (Å²) in [5, 5.41) is 13.5. The summed E-state index contributed by atoms with van der Waals surface area (Å²) in [6.45, 7) is 4.94. The van der Waals surface area contributed by atoms with E-state index < -0.39 is 36.4 Å². The van der Waals surface area contributed by atoms with Gasteiger partial charge >= 0.3 is 18.2 Å². The number of carbonyl (C=O) groups excluding carboxylic acids is 3. The van der Waals surface area contributed by atoms with Gasteiger partial charge in [0, 0.05) is 17.8 Å². The molecular weight excluding hydrogens is 392 g/mol. The summed E-state index contributed by atoms with van der Waals surface area (Å²) in [5.41, 5.74) is 6.62. The Bertz CT molecular complexity index is 718. The number of ether oxygens (including phenoxy) is 3. The number of esters is 1. The van der Waals surface area contributed by atoms with Gasteiger partial charge < -0.3 is 30.6 Å². The highest BCUT2D eigenvalue weighted by Gasteiger charge is 2.25. The average molecular weight is 422 g/mol. The number of amides is 2. The predicted octanol–water partition coefficient (Wildman–Crippen LogP) is 2.02. The molecule has 10 heteroatoms. The monoisotopic (exact) mass is 422 g/mol. The van der Waals surface area contributed by atoms with Crippen molar-refractivity contribution in [1.82, 2.24) is 10.6 Å². The molecule has 10 nitrogen and oxygen atoms in total. The van der Waals surface area contributed by atoms with E-state index >= 15 is 0 Å². The first-order valence-corrected chi connectivity index (χ1v) is 9.70. The predicted molar refractivity (Wildman–Crippen MR) is 108 cm³/mol. The Kier molecular flexibility index (Phi) is 10.2. The molecule has 0 aromatic carbocycles. The molecule has 0 saturated carbocycles. The lowest BCUT2D eigenvalue weighted by atomic mass is 10.0. The van der Waals surface area contributed by atoms with Gasteiger partial charge in [0.15, 0.2) is 6.61 Å². The van der Waals surface area contributed by atoms with Crippen LogP contribution in [-0.2, 0) is 19.0 Å². The molecule has 30 heavy (non-hydrogen) atoms. The zero-order valence-electron chi connectivity index (χ0n) is 17.7. The minimum absolute atomic E-state index is 0.0808. The van der Waals surface area contributed by atoms with Crippen LogP contribution in [-0.4, -0.2) is 49.6 Å². The topological polar surface area (TPSA) is 153 Å². The van der Waals surface area contributed by atoms with Crippen LogP contribution in [0.2, 0.25) is 0 Å². The van der Waals surface area contributed by atoms with Crippen molar-refractivity contribution in [3.8, 4) is 6.07 Å². The maximum atomic E-state index is 12.1. The molecule has 0 heterocycles. The summed E-state index contributed by atoms with van der Waals surface area (Å²) in [6.07, 6.45) is 4.55. The number of allylic oxidation sites excluding steroid dienone is 2. The zero-order valence-corrected chi connectivity index (χ0v) is 17.7. The first kappa shape index (κ1) is 24.8. The molecule has 0 aromatic rings. The first-order chi connectivity index (χ1) is 14.1. The number of nitriles is 1. The third-order valence-corrected chi connectivity index (χ3v) is 3.86. The summed E-state index contributed by atoms with van der Waals surface area (Å²) in [7, 11) is 0. The second kappa shape index (κ2) is 12.4. The van der Waals surface area contributed by atoms with E-state index in [1.165, 1.54) is 0 Å². The van der Waals surface area contributed by atoms with Crippen molar-refractivity contribution in [2.24, 2.45) is 5.73 Å². The van der Waals surface area contributed by atoms with Crippen LogP contribution in [0, 0.1) is 11.3 Å². The Labute approximate surface area is 176 Å². The molecule has 0 fully saturated rings. The Morgan fingerprint density at radius 3 is 2.63 bits per heavy atom. The molecule has 166 valence electrons. The van der Waals surface area contributed by atoms with Gasteiger partial charge in [0.1, 0.15) is 24.3 Å². The van der Waals surface area contributed by atoms with Gasteiger partial charge in [0.05, 0.1) is 0 Å². The van der Waals surface area contributed by atoms with Crippen LogP contribution in [0.5, 0.6) is 0 Å². The lowest BCUT2D eigenvalue weighted by molar-refractivity contribution is -0.144. The fourth-order valence-corrected chi connectivity index (χ4v) is 2.47. The number of rotatable bonds is 9. The van der Waals surface area contributed by atoms with Gasteiger partial charge in [-0.3, -0.25) is 0 Å². The van der Waals surface area contributed by atoms with Crippen molar-refractivity contribution in [3.63, 3.8) is 0 Å². The number of nitrogens with zero attached hydrogens (tertiary/aromatic N) is 1. The molecular formula is C20H30N4O6. The quantitative estimate of drug-likeness (QED) is 0.290. The van der Waals surface area contributed by atoms with E-state index in [9.17, 15) is 14.4 Å². The van der Waals surface area contributed by atoms with Crippen LogP contribution < -0.4 is 16.4 Å².